The molecule has 0 aromatic carbocycles. The first-order chi connectivity index (χ1) is 11.9. The first-order valence-corrected chi connectivity index (χ1v) is 8.88. The van der Waals surface area contributed by atoms with Gasteiger partial charge in [0.25, 0.3) is 0 Å². The number of carbonyl (C=O) groups is 4. The van der Waals surface area contributed by atoms with Gasteiger partial charge in [-0.05, 0) is 18.8 Å². The number of hydrogen-bond donors (Lipinski definition) is 0. The van der Waals surface area contributed by atoms with Crippen molar-refractivity contribution in [2.24, 2.45) is 5.92 Å². The molecule has 0 aliphatic heterocycles. The second-order valence-electron chi connectivity index (χ2n) is 6.76. The fourth-order valence-electron chi connectivity index (χ4n) is 3.03. The van der Waals surface area contributed by atoms with Crippen LogP contribution in [0.1, 0.15) is 58.8 Å². The lowest BCUT2D eigenvalue weighted by atomic mass is 10.1. The van der Waals surface area contributed by atoms with Gasteiger partial charge in [-0.1, -0.05) is 26.7 Å². The highest BCUT2D eigenvalue weighted by Gasteiger charge is 2.38. The number of carbonyl (C=O) groups excluding carboxylic acids is 4. The first kappa shape index (κ1) is 21.1. The van der Waals surface area contributed by atoms with Gasteiger partial charge in [0.15, 0.2) is 0 Å². The van der Waals surface area contributed by atoms with Crippen LogP contribution in [0.5, 0.6) is 0 Å². The highest BCUT2D eigenvalue weighted by Crippen LogP contribution is 2.27. The quantitative estimate of drug-likeness (QED) is 0.439. The summed E-state index contributed by atoms with van der Waals surface area (Å²) in [5, 5.41) is 0. The molecule has 0 radical (unpaired) electrons. The van der Waals surface area contributed by atoms with Gasteiger partial charge in [0.1, 0.15) is 12.3 Å². The maximum atomic E-state index is 12.6. The number of methoxy groups -OCH3 is 1. The Morgan fingerprint density at radius 3 is 2.36 bits per heavy atom. The average Bonchev–Trinajstić information content (AvgIpc) is 3.10. The highest BCUT2D eigenvalue weighted by atomic mass is 16.5. The molecule has 1 saturated carbocycles. The molecule has 0 aromatic rings. The molecule has 0 aromatic heterocycles. The second-order valence-corrected chi connectivity index (χ2v) is 6.76. The Labute approximate surface area is 149 Å². The van der Waals surface area contributed by atoms with Crippen LogP contribution in [-0.2, 0) is 28.7 Å². The van der Waals surface area contributed by atoms with Crippen molar-refractivity contribution in [1.82, 2.24) is 4.90 Å². The number of rotatable bonds is 10. The van der Waals surface area contributed by atoms with E-state index < -0.39 is 18.0 Å². The van der Waals surface area contributed by atoms with Gasteiger partial charge in [-0.2, -0.15) is 0 Å². The molecular weight excluding hydrogens is 326 g/mol. The Morgan fingerprint density at radius 1 is 1.20 bits per heavy atom. The van der Waals surface area contributed by atoms with Crippen molar-refractivity contribution in [3.63, 3.8) is 0 Å². The van der Waals surface area contributed by atoms with E-state index in [2.05, 4.69) is 0 Å². The van der Waals surface area contributed by atoms with Crippen LogP contribution in [0.15, 0.2) is 0 Å². The average molecular weight is 355 g/mol. The van der Waals surface area contributed by atoms with Crippen molar-refractivity contribution < 1.29 is 28.7 Å². The van der Waals surface area contributed by atoms with Gasteiger partial charge < -0.3 is 19.2 Å². The second kappa shape index (κ2) is 10.8. The summed E-state index contributed by atoms with van der Waals surface area (Å²) in [7, 11) is 1.23. The SMILES string of the molecule is COC(=O)C(CC(=O)OCC(C)C)N(C(=O)CCC=O)C1CCCC1. The Hall–Kier alpha value is -1.92. The monoisotopic (exact) mass is 355 g/mol. The van der Waals surface area contributed by atoms with Crippen LogP contribution in [0.2, 0.25) is 0 Å². The molecule has 1 unspecified atom stereocenters. The van der Waals surface area contributed by atoms with E-state index in [-0.39, 0.29) is 43.7 Å². The maximum absolute atomic E-state index is 12.6. The van der Waals surface area contributed by atoms with Crippen molar-refractivity contribution in [2.45, 2.75) is 70.9 Å². The Balaban J connectivity index is 2.94. The first-order valence-electron chi connectivity index (χ1n) is 8.88. The summed E-state index contributed by atoms with van der Waals surface area (Å²) in [6.07, 6.45) is 4.05. The molecule has 7 nitrogen and oxygen atoms in total. The molecule has 7 heteroatoms. The van der Waals surface area contributed by atoms with Gasteiger partial charge in [0.2, 0.25) is 5.91 Å². The molecule has 1 atom stereocenters. The lowest BCUT2D eigenvalue weighted by Crippen LogP contribution is -2.51. The van der Waals surface area contributed by atoms with Gasteiger partial charge in [0, 0.05) is 18.9 Å². The number of amides is 1. The Kier molecular flexibility index (Phi) is 9.16. The van der Waals surface area contributed by atoms with Crippen LogP contribution >= 0.6 is 0 Å². The molecule has 25 heavy (non-hydrogen) atoms. The molecule has 0 spiro atoms. The van der Waals surface area contributed by atoms with E-state index in [1.807, 2.05) is 13.8 Å². The standard InChI is InChI=1S/C18H29NO6/c1-13(2)12-25-17(22)11-15(18(23)24-3)19(14-7-4-5-8-14)16(21)9-6-10-20/h10,13-15H,4-9,11-12H2,1-3H3. The predicted molar refractivity (Wildman–Crippen MR) is 90.6 cm³/mol. The van der Waals surface area contributed by atoms with E-state index in [4.69, 9.17) is 9.47 Å². The van der Waals surface area contributed by atoms with Crippen LogP contribution in [-0.4, -0.2) is 54.8 Å². The molecule has 1 amide bonds. The fourth-order valence-corrected chi connectivity index (χ4v) is 3.03. The number of hydrogen-bond acceptors (Lipinski definition) is 6. The van der Waals surface area contributed by atoms with Gasteiger partial charge in [0.05, 0.1) is 20.1 Å². The van der Waals surface area contributed by atoms with Crippen molar-refractivity contribution in [3.8, 4) is 0 Å². The predicted octanol–water partition coefficient (Wildman–Crippen LogP) is 1.87. The maximum Gasteiger partial charge on any atom is 0.329 e. The van der Waals surface area contributed by atoms with Crippen LogP contribution in [0.4, 0.5) is 0 Å². The van der Waals surface area contributed by atoms with Crippen LogP contribution < -0.4 is 0 Å². The zero-order valence-electron chi connectivity index (χ0n) is 15.4. The normalized spacial score (nSPS) is 15.7. The lowest BCUT2D eigenvalue weighted by Gasteiger charge is -2.34. The van der Waals surface area contributed by atoms with E-state index in [1.54, 1.807) is 0 Å². The highest BCUT2D eigenvalue weighted by molar-refractivity contribution is 5.88. The van der Waals surface area contributed by atoms with Gasteiger partial charge in [-0.15, -0.1) is 0 Å². The van der Waals surface area contributed by atoms with Crippen molar-refractivity contribution in [3.05, 3.63) is 0 Å². The summed E-state index contributed by atoms with van der Waals surface area (Å²) in [5.41, 5.74) is 0. The minimum absolute atomic E-state index is 0.0224. The number of ether oxygens (including phenoxy) is 2. The molecule has 1 aliphatic carbocycles. The van der Waals surface area contributed by atoms with Crippen LogP contribution in [0.25, 0.3) is 0 Å². The Bertz CT molecular complexity index is 470. The van der Waals surface area contributed by atoms with Gasteiger partial charge in [-0.25, -0.2) is 4.79 Å². The van der Waals surface area contributed by atoms with Crippen LogP contribution in [0, 0.1) is 5.92 Å². The minimum atomic E-state index is -1.01. The van der Waals surface area contributed by atoms with Gasteiger partial charge in [-0.3, -0.25) is 9.59 Å². The summed E-state index contributed by atoms with van der Waals surface area (Å²) >= 11 is 0. The molecular formula is C18H29NO6. The molecule has 0 saturated heterocycles. The van der Waals surface area contributed by atoms with Gasteiger partial charge >= 0.3 is 11.9 Å². The fraction of sp³-hybridized carbons (Fsp3) is 0.778. The molecule has 0 bridgehead atoms. The molecule has 142 valence electrons. The number of esters is 2. The number of nitrogens with zero attached hydrogens (tertiary/aromatic N) is 1. The zero-order chi connectivity index (χ0) is 18.8. The Morgan fingerprint density at radius 2 is 1.84 bits per heavy atom. The third-order valence-corrected chi connectivity index (χ3v) is 4.23. The van der Waals surface area contributed by atoms with E-state index in [1.165, 1.54) is 12.0 Å². The van der Waals surface area contributed by atoms with E-state index >= 15 is 0 Å². The molecule has 1 rings (SSSR count). The smallest absolute Gasteiger partial charge is 0.329 e. The topological polar surface area (TPSA) is 90.0 Å². The van der Waals surface area contributed by atoms with Crippen molar-refractivity contribution in [2.75, 3.05) is 13.7 Å². The zero-order valence-corrected chi connectivity index (χ0v) is 15.4. The summed E-state index contributed by atoms with van der Waals surface area (Å²) in [5.74, 6) is -1.28. The summed E-state index contributed by atoms with van der Waals surface area (Å²) < 4.78 is 9.99. The van der Waals surface area contributed by atoms with Crippen molar-refractivity contribution >= 4 is 24.1 Å². The minimum Gasteiger partial charge on any atom is -0.467 e. The number of aldehydes is 1. The van der Waals surface area contributed by atoms with E-state index in [0.29, 0.717) is 6.29 Å². The summed E-state index contributed by atoms with van der Waals surface area (Å²) in [6.45, 7) is 4.09. The summed E-state index contributed by atoms with van der Waals surface area (Å²) in [6, 6.07) is -1.12. The van der Waals surface area contributed by atoms with E-state index in [0.717, 1.165) is 25.7 Å². The molecule has 0 N–H and O–H groups in total. The van der Waals surface area contributed by atoms with E-state index in [9.17, 15) is 19.2 Å². The molecule has 1 aliphatic rings. The molecule has 1 fully saturated rings. The third kappa shape index (κ3) is 6.84. The third-order valence-electron chi connectivity index (χ3n) is 4.23. The van der Waals surface area contributed by atoms with Crippen molar-refractivity contribution in [1.29, 1.82) is 0 Å². The van der Waals surface area contributed by atoms with Crippen LogP contribution in [0.3, 0.4) is 0 Å². The largest absolute Gasteiger partial charge is 0.467 e. The lowest BCUT2D eigenvalue weighted by molar-refractivity contribution is -0.160. The summed E-state index contributed by atoms with van der Waals surface area (Å²) in [4.78, 5) is 49.0. The molecule has 0 heterocycles.